The summed E-state index contributed by atoms with van der Waals surface area (Å²) < 4.78 is 0. The number of halogens is 2. The Hall–Kier alpha value is -1.64. The van der Waals surface area contributed by atoms with Crippen LogP contribution in [-0.4, -0.2) is 0 Å². The maximum Gasteiger partial charge on any atom is 0.120 e. The Kier molecular flexibility index (Phi) is 2.69. The van der Waals surface area contributed by atoms with Gasteiger partial charge in [0, 0.05) is 5.56 Å². The van der Waals surface area contributed by atoms with Crippen LogP contribution in [0, 0.1) is 0 Å². The molecule has 4 rings (SSSR count). The van der Waals surface area contributed by atoms with Crippen LogP contribution in [0.15, 0.2) is 58.3 Å². The second-order valence-corrected chi connectivity index (χ2v) is 5.81. The summed E-state index contributed by atoms with van der Waals surface area (Å²) in [6.07, 6.45) is 0.906. The van der Waals surface area contributed by atoms with E-state index in [2.05, 4.69) is 34.5 Å². The van der Waals surface area contributed by atoms with E-state index in [0.717, 1.165) is 17.7 Å². The highest BCUT2D eigenvalue weighted by Crippen LogP contribution is 2.47. The molecule has 1 unspecified atom stereocenters. The molecule has 0 fully saturated rings. The monoisotopic (exact) mass is 300 g/mol. The number of hydrogen-bond donors (Lipinski definition) is 0. The van der Waals surface area contributed by atoms with Crippen molar-refractivity contribution in [3.05, 3.63) is 74.8 Å². The molecule has 0 bridgehead atoms. The topological polar surface area (TPSA) is 24.7 Å². The Morgan fingerprint density at radius 3 is 2.70 bits per heavy atom. The number of benzene rings is 2. The molecule has 0 saturated heterocycles. The van der Waals surface area contributed by atoms with Crippen LogP contribution in [0.5, 0.6) is 0 Å². The van der Waals surface area contributed by atoms with Gasteiger partial charge in [0.2, 0.25) is 0 Å². The first-order valence-corrected chi connectivity index (χ1v) is 7.17. The van der Waals surface area contributed by atoms with Gasteiger partial charge in [0.1, 0.15) is 6.04 Å². The maximum atomic E-state index is 6.10. The van der Waals surface area contributed by atoms with Gasteiger partial charge in [0.15, 0.2) is 0 Å². The lowest BCUT2D eigenvalue weighted by Gasteiger charge is -2.04. The summed E-state index contributed by atoms with van der Waals surface area (Å²) >= 11 is 12.1. The second-order valence-electron chi connectivity index (χ2n) is 5.00. The molecule has 0 radical (unpaired) electrons. The van der Waals surface area contributed by atoms with Crippen LogP contribution in [0.3, 0.4) is 0 Å². The molecule has 1 aliphatic carbocycles. The standard InChI is InChI=1S/C16H10Cl2N2/c17-13-6-5-10(8-14(13)18)15-12-7-9-3-1-2-4-11(9)16(12)20-19-15/h1-6,8,16H,7H2. The fraction of sp³-hybridized carbons (Fsp3) is 0.125. The molecule has 0 N–H and O–H groups in total. The van der Waals surface area contributed by atoms with Crippen molar-refractivity contribution in [2.75, 3.05) is 0 Å². The molecule has 0 spiro atoms. The first kappa shape index (κ1) is 12.1. The highest BCUT2D eigenvalue weighted by molar-refractivity contribution is 6.42. The number of nitrogens with zero attached hydrogens (tertiary/aromatic N) is 2. The van der Waals surface area contributed by atoms with Crippen molar-refractivity contribution in [3.8, 4) is 0 Å². The van der Waals surface area contributed by atoms with Crippen molar-refractivity contribution in [3.63, 3.8) is 0 Å². The Morgan fingerprint density at radius 2 is 1.85 bits per heavy atom. The molecule has 0 amide bonds. The van der Waals surface area contributed by atoms with Crippen LogP contribution in [0.4, 0.5) is 0 Å². The normalized spacial score (nSPS) is 19.4. The fourth-order valence-corrected chi connectivity index (χ4v) is 3.16. The van der Waals surface area contributed by atoms with Crippen molar-refractivity contribution >= 4 is 28.9 Å². The number of rotatable bonds is 1. The van der Waals surface area contributed by atoms with E-state index < -0.39 is 0 Å². The summed E-state index contributed by atoms with van der Waals surface area (Å²) in [5.41, 5.74) is 5.77. The minimum Gasteiger partial charge on any atom is -0.176 e. The van der Waals surface area contributed by atoms with Crippen molar-refractivity contribution < 1.29 is 0 Å². The van der Waals surface area contributed by atoms with E-state index in [9.17, 15) is 0 Å². The molecule has 20 heavy (non-hydrogen) atoms. The van der Waals surface area contributed by atoms with Crippen molar-refractivity contribution in [1.82, 2.24) is 0 Å². The van der Waals surface area contributed by atoms with Gasteiger partial charge in [-0.2, -0.15) is 10.2 Å². The van der Waals surface area contributed by atoms with Gasteiger partial charge < -0.3 is 0 Å². The van der Waals surface area contributed by atoms with E-state index in [-0.39, 0.29) is 6.04 Å². The third kappa shape index (κ3) is 1.72. The summed E-state index contributed by atoms with van der Waals surface area (Å²) in [6, 6.07) is 14.1. The molecule has 1 atom stereocenters. The minimum absolute atomic E-state index is 0.0793. The Labute approximate surface area is 126 Å². The van der Waals surface area contributed by atoms with Gasteiger partial charge in [-0.25, -0.2) is 0 Å². The summed E-state index contributed by atoms with van der Waals surface area (Å²) in [6.45, 7) is 0. The zero-order valence-corrected chi connectivity index (χ0v) is 12.0. The summed E-state index contributed by atoms with van der Waals surface area (Å²) in [7, 11) is 0. The van der Waals surface area contributed by atoms with Gasteiger partial charge in [0.05, 0.1) is 15.7 Å². The average Bonchev–Trinajstić information content (AvgIpc) is 3.00. The smallest absolute Gasteiger partial charge is 0.120 e. The van der Waals surface area contributed by atoms with Gasteiger partial charge in [-0.1, -0.05) is 53.5 Å². The summed E-state index contributed by atoms with van der Waals surface area (Å²) in [5.74, 6) is 0. The fourth-order valence-electron chi connectivity index (χ4n) is 2.86. The molecule has 2 nitrogen and oxygen atoms in total. The van der Waals surface area contributed by atoms with Crippen LogP contribution < -0.4 is 0 Å². The van der Waals surface area contributed by atoms with Crippen molar-refractivity contribution in [2.24, 2.45) is 10.2 Å². The van der Waals surface area contributed by atoms with Crippen molar-refractivity contribution in [1.29, 1.82) is 0 Å². The lowest BCUT2D eigenvalue weighted by Crippen LogP contribution is -1.90. The SMILES string of the molecule is Clc1ccc(C2=C3Cc4ccccc4C3N=N2)cc1Cl. The highest BCUT2D eigenvalue weighted by Gasteiger charge is 2.33. The van der Waals surface area contributed by atoms with Gasteiger partial charge in [-0.15, -0.1) is 0 Å². The highest BCUT2D eigenvalue weighted by atomic mass is 35.5. The molecular formula is C16H10Cl2N2. The third-order valence-electron chi connectivity index (χ3n) is 3.83. The van der Waals surface area contributed by atoms with Crippen molar-refractivity contribution in [2.45, 2.75) is 12.5 Å². The molecule has 2 aromatic rings. The predicted molar refractivity (Wildman–Crippen MR) is 81.1 cm³/mol. The van der Waals surface area contributed by atoms with Crippen LogP contribution >= 0.6 is 23.2 Å². The zero-order valence-electron chi connectivity index (χ0n) is 10.5. The zero-order chi connectivity index (χ0) is 13.7. The van der Waals surface area contributed by atoms with Gasteiger partial charge in [-0.3, -0.25) is 0 Å². The van der Waals surface area contributed by atoms with E-state index in [1.807, 2.05) is 12.1 Å². The lowest BCUT2D eigenvalue weighted by atomic mass is 10.0. The second kappa shape index (κ2) is 4.44. The van der Waals surface area contributed by atoms with E-state index in [1.165, 1.54) is 16.7 Å². The first-order valence-electron chi connectivity index (χ1n) is 6.41. The molecule has 0 saturated carbocycles. The summed E-state index contributed by atoms with van der Waals surface area (Å²) in [4.78, 5) is 0. The molecule has 98 valence electrons. The lowest BCUT2D eigenvalue weighted by molar-refractivity contribution is 0.862. The Morgan fingerprint density at radius 1 is 1.00 bits per heavy atom. The number of fused-ring (bicyclic) bond motifs is 3. The van der Waals surface area contributed by atoms with E-state index in [4.69, 9.17) is 23.2 Å². The van der Waals surface area contributed by atoms with E-state index >= 15 is 0 Å². The maximum absolute atomic E-state index is 6.10. The molecule has 4 heteroatoms. The Balaban J connectivity index is 1.83. The number of hydrogen-bond acceptors (Lipinski definition) is 2. The van der Waals surface area contributed by atoms with Gasteiger partial charge >= 0.3 is 0 Å². The minimum atomic E-state index is 0.0793. The van der Waals surface area contributed by atoms with E-state index in [1.54, 1.807) is 6.07 Å². The van der Waals surface area contributed by atoms with Crippen LogP contribution in [0.2, 0.25) is 10.0 Å². The average molecular weight is 301 g/mol. The first-order chi connectivity index (χ1) is 9.74. The molecule has 2 aromatic carbocycles. The quantitative estimate of drug-likeness (QED) is 0.667. The molecule has 1 aliphatic heterocycles. The molecule has 0 aromatic heterocycles. The van der Waals surface area contributed by atoms with Crippen LogP contribution in [0.25, 0.3) is 5.70 Å². The Bertz CT molecular complexity index is 778. The third-order valence-corrected chi connectivity index (χ3v) is 4.57. The number of azo groups is 1. The van der Waals surface area contributed by atoms with Gasteiger partial charge in [-0.05, 0) is 35.3 Å². The molecule has 2 aliphatic rings. The summed E-state index contributed by atoms with van der Waals surface area (Å²) in [5, 5.41) is 9.89. The van der Waals surface area contributed by atoms with Gasteiger partial charge in [0.25, 0.3) is 0 Å². The van der Waals surface area contributed by atoms with Crippen LogP contribution in [-0.2, 0) is 6.42 Å². The van der Waals surface area contributed by atoms with Crippen LogP contribution in [0.1, 0.15) is 22.7 Å². The largest absolute Gasteiger partial charge is 0.176 e. The molecule has 1 heterocycles. The predicted octanol–water partition coefficient (Wildman–Crippen LogP) is 5.47. The van der Waals surface area contributed by atoms with E-state index in [0.29, 0.717) is 10.0 Å². The molecular weight excluding hydrogens is 291 g/mol.